The van der Waals surface area contributed by atoms with E-state index in [1.165, 1.54) is 0 Å². The van der Waals surface area contributed by atoms with Crippen LogP contribution in [0.15, 0.2) is 84.6 Å². The maximum atomic E-state index is 12.9. The Hall–Kier alpha value is -3.81. The van der Waals surface area contributed by atoms with E-state index >= 15 is 0 Å². The molecule has 1 N–H and O–H groups in total. The van der Waals surface area contributed by atoms with Crippen molar-refractivity contribution in [1.29, 1.82) is 0 Å². The molecule has 4 rings (SSSR count). The molecule has 7 nitrogen and oxygen atoms in total. The van der Waals surface area contributed by atoms with Crippen LogP contribution in [0.4, 0.5) is 5.69 Å². The van der Waals surface area contributed by atoms with Crippen LogP contribution in [0.5, 0.6) is 17.2 Å². The van der Waals surface area contributed by atoms with Crippen LogP contribution in [-0.4, -0.2) is 39.1 Å². The van der Waals surface area contributed by atoms with Crippen LogP contribution in [0.3, 0.4) is 0 Å². The molecule has 1 fully saturated rings. The van der Waals surface area contributed by atoms with Crippen molar-refractivity contribution in [2.45, 2.75) is 32.5 Å². The van der Waals surface area contributed by atoms with Crippen molar-refractivity contribution in [3.05, 3.63) is 84.6 Å². The summed E-state index contributed by atoms with van der Waals surface area (Å²) >= 11 is 0. The number of carbonyl (C=O) groups excluding carboxylic acids is 1. The summed E-state index contributed by atoms with van der Waals surface area (Å²) in [5.41, 5.74) is 2.75. The van der Waals surface area contributed by atoms with Gasteiger partial charge in [-0.05, 0) is 67.7 Å². The summed E-state index contributed by atoms with van der Waals surface area (Å²) < 4.78 is 28.4. The number of nitrogens with one attached hydrogen (secondary N) is 1. The largest absolute Gasteiger partial charge is 0.493 e. The molecule has 1 atom stereocenters. The van der Waals surface area contributed by atoms with Crippen LogP contribution in [0.25, 0.3) is 11.1 Å². The molecule has 3 aromatic carbocycles. The molecule has 7 heteroatoms. The number of amides is 1. The van der Waals surface area contributed by atoms with Gasteiger partial charge in [0.25, 0.3) is 5.91 Å². The Balaban J connectivity index is 1.30. The highest BCUT2D eigenvalue weighted by molar-refractivity contribution is 6.02. The number of ether oxygens (including phenoxy) is 5. The monoisotopic (exact) mass is 503 g/mol. The number of hydrogen-bond donors (Lipinski definition) is 1. The van der Waals surface area contributed by atoms with Gasteiger partial charge in [-0.25, -0.2) is 0 Å². The molecule has 1 unspecified atom stereocenters. The van der Waals surface area contributed by atoms with E-state index in [4.69, 9.17) is 23.7 Å². The molecule has 1 heterocycles. The third-order valence-corrected chi connectivity index (χ3v) is 5.88. The van der Waals surface area contributed by atoms with E-state index in [0.29, 0.717) is 36.1 Å². The zero-order valence-electron chi connectivity index (χ0n) is 21.3. The van der Waals surface area contributed by atoms with Gasteiger partial charge in [0.05, 0.1) is 13.7 Å². The van der Waals surface area contributed by atoms with E-state index in [-0.39, 0.29) is 18.0 Å². The van der Waals surface area contributed by atoms with Gasteiger partial charge in [0, 0.05) is 18.4 Å². The van der Waals surface area contributed by atoms with Gasteiger partial charge >= 0.3 is 0 Å². The van der Waals surface area contributed by atoms with Crippen molar-refractivity contribution in [2.75, 3.05) is 32.2 Å². The zero-order valence-corrected chi connectivity index (χ0v) is 21.3. The lowest BCUT2D eigenvalue weighted by Gasteiger charge is -2.22. The van der Waals surface area contributed by atoms with Crippen LogP contribution < -0.4 is 19.5 Å². The fraction of sp³-hybridized carbons (Fsp3) is 0.300. The predicted molar refractivity (Wildman–Crippen MR) is 143 cm³/mol. The van der Waals surface area contributed by atoms with Gasteiger partial charge in [0.1, 0.15) is 12.4 Å². The Bertz CT molecular complexity index is 1170. The summed E-state index contributed by atoms with van der Waals surface area (Å²) in [7, 11) is 1.56. The maximum Gasteiger partial charge on any atom is 0.291 e. The second kappa shape index (κ2) is 13.5. The second-order valence-electron chi connectivity index (χ2n) is 8.48. The van der Waals surface area contributed by atoms with Crippen molar-refractivity contribution in [3.8, 4) is 28.4 Å². The molecule has 1 amide bonds. The van der Waals surface area contributed by atoms with Crippen LogP contribution in [0.2, 0.25) is 0 Å². The Morgan fingerprint density at radius 1 is 0.973 bits per heavy atom. The number of rotatable bonds is 11. The highest BCUT2D eigenvalue weighted by atomic mass is 16.7. The first-order valence-electron chi connectivity index (χ1n) is 12.5. The minimum absolute atomic E-state index is 0.151. The van der Waals surface area contributed by atoms with E-state index < -0.39 is 0 Å². The lowest BCUT2D eigenvalue weighted by molar-refractivity contribution is -0.165. The van der Waals surface area contributed by atoms with Crippen LogP contribution in [0.1, 0.15) is 26.2 Å². The maximum absolute atomic E-state index is 12.9. The predicted octanol–water partition coefficient (Wildman–Crippen LogP) is 6.21. The third kappa shape index (κ3) is 7.59. The molecule has 0 spiro atoms. The molecular formula is C30H33NO6. The number of benzene rings is 3. The van der Waals surface area contributed by atoms with Gasteiger partial charge in [-0.15, -0.1) is 0 Å². The summed E-state index contributed by atoms with van der Waals surface area (Å²) in [5.74, 6) is 1.46. The van der Waals surface area contributed by atoms with Crippen molar-refractivity contribution >= 4 is 11.6 Å². The normalized spacial score (nSPS) is 15.6. The van der Waals surface area contributed by atoms with E-state index in [1.807, 2.05) is 54.6 Å². The molecule has 1 saturated heterocycles. The van der Waals surface area contributed by atoms with E-state index in [1.54, 1.807) is 38.3 Å². The van der Waals surface area contributed by atoms with Gasteiger partial charge in [-0.1, -0.05) is 42.5 Å². The number of methoxy groups -OCH3 is 1. The summed E-state index contributed by atoms with van der Waals surface area (Å²) in [6.07, 6.45) is 4.59. The smallest absolute Gasteiger partial charge is 0.291 e. The first-order chi connectivity index (χ1) is 18.2. The number of hydrogen-bond acceptors (Lipinski definition) is 6. The van der Waals surface area contributed by atoms with Crippen molar-refractivity contribution in [2.24, 2.45) is 0 Å². The lowest BCUT2D eigenvalue weighted by Crippen LogP contribution is -2.24. The molecule has 194 valence electrons. The summed E-state index contributed by atoms with van der Waals surface area (Å²) in [5, 5.41) is 2.85. The van der Waals surface area contributed by atoms with Gasteiger partial charge in [0.2, 0.25) is 0 Å². The second-order valence-corrected chi connectivity index (χ2v) is 8.48. The average molecular weight is 504 g/mol. The third-order valence-electron chi connectivity index (χ3n) is 5.88. The Labute approximate surface area is 218 Å². The standard InChI is InChI=1S/C30H33NO6/c1-3-26(37-25-15-12-23(13-16-25)22-9-5-4-6-10-22)30(32)31-24-14-17-27(28(21-24)33-2)34-19-20-36-29-11-7-8-18-35-29/h3-6,9-10,12-17,21,29H,7-8,11,18-20H2,1-2H3,(H,31,32)/b26-3-. The van der Waals surface area contributed by atoms with Crippen molar-refractivity contribution in [1.82, 2.24) is 0 Å². The molecule has 0 saturated carbocycles. The summed E-state index contributed by atoms with van der Waals surface area (Å²) in [4.78, 5) is 12.9. The molecular weight excluding hydrogens is 470 g/mol. The van der Waals surface area contributed by atoms with Crippen molar-refractivity contribution in [3.63, 3.8) is 0 Å². The van der Waals surface area contributed by atoms with Gasteiger partial charge in [0.15, 0.2) is 23.5 Å². The molecule has 0 bridgehead atoms. The molecule has 0 radical (unpaired) electrons. The van der Waals surface area contributed by atoms with E-state index in [2.05, 4.69) is 5.32 Å². The molecule has 0 aromatic heterocycles. The fourth-order valence-electron chi connectivity index (χ4n) is 3.94. The quantitative estimate of drug-likeness (QED) is 0.191. The van der Waals surface area contributed by atoms with Gasteiger partial charge in [-0.3, -0.25) is 4.79 Å². The summed E-state index contributed by atoms with van der Waals surface area (Å²) in [6.45, 7) is 3.28. The van der Waals surface area contributed by atoms with Gasteiger partial charge in [-0.2, -0.15) is 0 Å². The molecule has 0 aliphatic carbocycles. The number of anilines is 1. The number of carbonyl (C=O) groups is 1. The first-order valence-corrected chi connectivity index (χ1v) is 12.5. The fourth-order valence-corrected chi connectivity index (χ4v) is 3.94. The van der Waals surface area contributed by atoms with Crippen molar-refractivity contribution < 1.29 is 28.5 Å². The Morgan fingerprint density at radius 2 is 1.76 bits per heavy atom. The average Bonchev–Trinajstić information content (AvgIpc) is 2.95. The molecule has 1 aliphatic rings. The van der Waals surface area contributed by atoms with Crippen LogP contribution >= 0.6 is 0 Å². The minimum Gasteiger partial charge on any atom is -0.493 e. The highest BCUT2D eigenvalue weighted by Crippen LogP contribution is 2.31. The molecule has 37 heavy (non-hydrogen) atoms. The number of allylic oxidation sites excluding steroid dienone is 1. The van der Waals surface area contributed by atoms with E-state index in [0.717, 1.165) is 37.0 Å². The topological polar surface area (TPSA) is 75.3 Å². The Morgan fingerprint density at radius 3 is 2.46 bits per heavy atom. The summed E-state index contributed by atoms with van der Waals surface area (Å²) in [6, 6.07) is 22.9. The highest BCUT2D eigenvalue weighted by Gasteiger charge is 2.15. The zero-order chi connectivity index (χ0) is 25.9. The van der Waals surface area contributed by atoms with Crippen LogP contribution in [-0.2, 0) is 14.3 Å². The Kier molecular flexibility index (Phi) is 9.57. The SMILES string of the molecule is C/C=C(\Oc1ccc(-c2ccccc2)cc1)C(=O)Nc1ccc(OCCOC2CCCCO2)c(OC)c1. The minimum atomic E-state index is -0.369. The van der Waals surface area contributed by atoms with Crippen LogP contribution in [0, 0.1) is 0 Å². The molecule has 1 aliphatic heterocycles. The van der Waals surface area contributed by atoms with Gasteiger partial charge < -0.3 is 29.0 Å². The molecule has 3 aromatic rings. The van der Waals surface area contributed by atoms with E-state index in [9.17, 15) is 4.79 Å². The first kappa shape index (κ1) is 26.3. The lowest BCUT2D eigenvalue weighted by atomic mass is 10.1.